The molecule has 3 N–H and O–H groups in total. The molecule has 4 heteroatoms. The molecule has 1 fully saturated rings. The van der Waals surface area contributed by atoms with Gasteiger partial charge in [-0.1, -0.05) is 18.2 Å². The maximum absolute atomic E-state index is 5.67. The largest absolute Gasteiger partial charge is 0.381 e. The summed E-state index contributed by atoms with van der Waals surface area (Å²) in [6, 6.07) is 8.21. The van der Waals surface area contributed by atoms with Crippen molar-refractivity contribution < 1.29 is 4.74 Å². The van der Waals surface area contributed by atoms with Crippen molar-refractivity contribution >= 4 is 0 Å². The third kappa shape index (κ3) is 2.69. The highest BCUT2D eigenvalue weighted by molar-refractivity contribution is 5.56. The zero-order valence-electron chi connectivity index (χ0n) is 10.9. The lowest BCUT2D eigenvalue weighted by atomic mass is 9.97. The Balaban J connectivity index is 1.83. The summed E-state index contributed by atoms with van der Waals surface area (Å²) in [7, 11) is 0. The van der Waals surface area contributed by atoms with Gasteiger partial charge in [0, 0.05) is 43.1 Å². The molecule has 1 aliphatic heterocycles. The predicted octanol–water partition coefficient (Wildman–Crippen LogP) is 2.43. The Bertz CT molecular complexity index is 544. The van der Waals surface area contributed by atoms with Crippen molar-refractivity contribution in [2.75, 3.05) is 13.2 Å². The second-order valence-electron chi connectivity index (χ2n) is 4.98. The number of H-pyrrole nitrogens is 1. The number of nitrogens with zero attached hydrogens (tertiary/aromatic N) is 1. The van der Waals surface area contributed by atoms with Crippen molar-refractivity contribution in [1.29, 1.82) is 0 Å². The molecule has 1 aliphatic rings. The summed E-state index contributed by atoms with van der Waals surface area (Å²) in [6.45, 7) is 2.25. The van der Waals surface area contributed by atoms with Gasteiger partial charge in [-0.15, -0.1) is 0 Å². The van der Waals surface area contributed by atoms with Gasteiger partial charge in [-0.05, 0) is 24.5 Å². The first-order valence-electron chi connectivity index (χ1n) is 6.79. The summed E-state index contributed by atoms with van der Waals surface area (Å²) in [5.74, 6) is 1.48. The van der Waals surface area contributed by atoms with Crippen LogP contribution in [0.15, 0.2) is 30.5 Å². The van der Waals surface area contributed by atoms with Crippen molar-refractivity contribution in [2.24, 2.45) is 5.73 Å². The van der Waals surface area contributed by atoms with Crippen LogP contribution in [0.2, 0.25) is 0 Å². The number of nitrogens with two attached hydrogens (primary N) is 1. The summed E-state index contributed by atoms with van der Waals surface area (Å²) in [6.07, 6.45) is 4.11. The van der Waals surface area contributed by atoms with E-state index in [2.05, 4.69) is 22.1 Å². The van der Waals surface area contributed by atoms with Gasteiger partial charge >= 0.3 is 0 Å². The number of aromatic nitrogens is 2. The van der Waals surface area contributed by atoms with Gasteiger partial charge in [-0.25, -0.2) is 4.98 Å². The van der Waals surface area contributed by atoms with E-state index in [1.165, 1.54) is 5.69 Å². The summed E-state index contributed by atoms with van der Waals surface area (Å²) in [4.78, 5) is 7.94. The van der Waals surface area contributed by atoms with Crippen molar-refractivity contribution in [3.8, 4) is 11.4 Å². The molecule has 0 saturated carbocycles. The van der Waals surface area contributed by atoms with Gasteiger partial charge in [0.2, 0.25) is 0 Å². The molecule has 1 saturated heterocycles. The number of hydrogen-bond donors (Lipinski definition) is 2. The van der Waals surface area contributed by atoms with E-state index < -0.39 is 0 Å². The molecule has 0 atom stereocenters. The second kappa shape index (κ2) is 5.55. The Morgan fingerprint density at radius 3 is 2.95 bits per heavy atom. The molecular weight excluding hydrogens is 238 g/mol. The average molecular weight is 257 g/mol. The number of aromatic amines is 1. The van der Waals surface area contributed by atoms with E-state index in [0.717, 1.165) is 43.0 Å². The van der Waals surface area contributed by atoms with Gasteiger partial charge in [0.1, 0.15) is 5.82 Å². The molecule has 4 nitrogen and oxygen atoms in total. The number of rotatable bonds is 3. The molecular formula is C15H19N3O. The van der Waals surface area contributed by atoms with Crippen LogP contribution < -0.4 is 5.73 Å². The molecule has 0 spiro atoms. The molecule has 100 valence electrons. The monoisotopic (exact) mass is 257 g/mol. The average Bonchev–Trinajstić information content (AvgIpc) is 2.98. The summed E-state index contributed by atoms with van der Waals surface area (Å²) in [5, 5.41) is 0. The van der Waals surface area contributed by atoms with E-state index >= 15 is 0 Å². The zero-order chi connectivity index (χ0) is 13.1. The van der Waals surface area contributed by atoms with Gasteiger partial charge in [0.15, 0.2) is 0 Å². The Morgan fingerprint density at radius 1 is 1.32 bits per heavy atom. The Labute approximate surface area is 113 Å². The highest BCUT2D eigenvalue weighted by atomic mass is 16.5. The number of hydrogen-bond acceptors (Lipinski definition) is 3. The molecule has 1 aromatic heterocycles. The Morgan fingerprint density at radius 2 is 2.16 bits per heavy atom. The lowest BCUT2D eigenvalue weighted by molar-refractivity contribution is 0.0846. The molecule has 0 bridgehead atoms. The molecule has 3 rings (SSSR count). The van der Waals surface area contributed by atoms with Crippen LogP contribution >= 0.6 is 0 Å². The van der Waals surface area contributed by atoms with Crippen molar-refractivity contribution in [3.63, 3.8) is 0 Å². The zero-order valence-corrected chi connectivity index (χ0v) is 10.9. The molecule has 0 amide bonds. The van der Waals surface area contributed by atoms with Crippen molar-refractivity contribution in [2.45, 2.75) is 25.3 Å². The van der Waals surface area contributed by atoms with Crippen molar-refractivity contribution in [1.82, 2.24) is 9.97 Å². The Hall–Kier alpha value is -1.65. The topological polar surface area (TPSA) is 63.9 Å². The molecule has 2 heterocycles. The van der Waals surface area contributed by atoms with Gasteiger partial charge < -0.3 is 15.5 Å². The molecule has 0 unspecified atom stereocenters. The van der Waals surface area contributed by atoms with Gasteiger partial charge in [-0.2, -0.15) is 0 Å². The predicted molar refractivity (Wildman–Crippen MR) is 74.7 cm³/mol. The van der Waals surface area contributed by atoms with Crippen LogP contribution in [0.3, 0.4) is 0 Å². The van der Waals surface area contributed by atoms with Gasteiger partial charge in [-0.3, -0.25) is 0 Å². The van der Waals surface area contributed by atoms with Crippen LogP contribution in [0.4, 0.5) is 0 Å². The summed E-state index contributed by atoms with van der Waals surface area (Å²) >= 11 is 0. The molecule has 0 aliphatic carbocycles. The van der Waals surface area contributed by atoms with Crippen LogP contribution in [0.25, 0.3) is 11.4 Å². The molecule has 19 heavy (non-hydrogen) atoms. The first-order chi connectivity index (χ1) is 9.36. The summed E-state index contributed by atoms with van der Waals surface area (Å²) < 4.78 is 5.39. The minimum Gasteiger partial charge on any atom is -0.381 e. The van der Waals surface area contributed by atoms with E-state index in [-0.39, 0.29) is 0 Å². The summed E-state index contributed by atoms with van der Waals surface area (Å²) in [5.41, 5.74) is 9.12. The highest BCUT2D eigenvalue weighted by Crippen LogP contribution is 2.27. The maximum Gasteiger partial charge on any atom is 0.137 e. The third-order valence-corrected chi connectivity index (χ3v) is 3.69. The highest BCUT2D eigenvalue weighted by Gasteiger charge is 2.18. The number of nitrogens with one attached hydrogen (secondary N) is 1. The van der Waals surface area contributed by atoms with E-state index in [9.17, 15) is 0 Å². The normalized spacial score (nSPS) is 16.7. The van der Waals surface area contributed by atoms with Gasteiger partial charge in [0.05, 0.1) is 0 Å². The smallest absolute Gasteiger partial charge is 0.137 e. The van der Waals surface area contributed by atoms with E-state index in [1.54, 1.807) is 0 Å². The van der Waals surface area contributed by atoms with Gasteiger partial charge in [0.25, 0.3) is 0 Å². The van der Waals surface area contributed by atoms with E-state index in [4.69, 9.17) is 10.5 Å². The SMILES string of the molecule is NCc1cccc(-c2ncc(C3CCOCC3)[nH]2)c1. The minimum atomic E-state index is 0.549. The fourth-order valence-corrected chi connectivity index (χ4v) is 2.54. The molecule has 2 aromatic rings. The minimum absolute atomic E-state index is 0.549. The lowest BCUT2D eigenvalue weighted by Gasteiger charge is -2.20. The Kier molecular flexibility index (Phi) is 3.62. The molecule has 1 aromatic carbocycles. The quantitative estimate of drug-likeness (QED) is 0.887. The molecule has 0 radical (unpaired) electrons. The number of imidazole rings is 1. The lowest BCUT2D eigenvalue weighted by Crippen LogP contribution is -2.14. The van der Waals surface area contributed by atoms with Crippen LogP contribution in [0.5, 0.6) is 0 Å². The van der Waals surface area contributed by atoms with E-state index in [0.29, 0.717) is 12.5 Å². The first-order valence-corrected chi connectivity index (χ1v) is 6.79. The first kappa shape index (κ1) is 12.4. The fourth-order valence-electron chi connectivity index (χ4n) is 2.54. The van der Waals surface area contributed by atoms with Crippen LogP contribution in [-0.2, 0) is 11.3 Å². The third-order valence-electron chi connectivity index (χ3n) is 3.69. The number of ether oxygens (including phenoxy) is 1. The standard InChI is InChI=1S/C15H19N3O/c16-9-11-2-1-3-13(8-11)15-17-10-14(18-15)12-4-6-19-7-5-12/h1-3,8,10,12H,4-7,9,16H2,(H,17,18). The van der Waals surface area contributed by atoms with E-state index in [1.807, 2.05) is 18.3 Å². The fraction of sp³-hybridized carbons (Fsp3) is 0.400. The second-order valence-corrected chi connectivity index (χ2v) is 4.98. The van der Waals surface area contributed by atoms with Crippen LogP contribution in [0.1, 0.15) is 30.0 Å². The van der Waals surface area contributed by atoms with Crippen LogP contribution in [-0.4, -0.2) is 23.2 Å². The van der Waals surface area contributed by atoms with Crippen LogP contribution in [0, 0.1) is 0 Å². The van der Waals surface area contributed by atoms with Crippen molar-refractivity contribution in [3.05, 3.63) is 41.7 Å². The number of benzene rings is 1. The maximum atomic E-state index is 5.67.